The second kappa shape index (κ2) is 3.32. The van der Waals surface area contributed by atoms with Crippen molar-refractivity contribution in [2.75, 3.05) is 6.54 Å². The number of hydrogen-bond acceptors (Lipinski definition) is 2. The van der Waals surface area contributed by atoms with Crippen LogP contribution in [-0.2, 0) is 9.59 Å². The summed E-state index contributed by atoms with van der Waals surface area (Å²) in [6, 6.07) is 0. The van der Waals surface area contributed by atoms with Crippen LogP contribution < -0.4 is 0 Å². The minimum Gasteiger partial charge on any atom is -0.282 e. The first-order valence-electron chi connectivity index (χ1n) is 3.70. The molecule has 0 atom stereocenters. The number of likely N-dealkylation sites (tertiary alicyclic amines) is 1. The standard InChI is InChI=1S/C8H11NO2/c1-2-3-6-9-7(10)4-5-8(9)11/h2H,1,3-6H2. The van der Waals surface area contributed by atoms with Gasteiger partial charge in [-0.1, -0.05) is 6.08 Å². The number of imide groups is 1. The molecule has 1 aliphatic rings. The average molecular weight is 153 g/mol. The molecule has 3 heteroatoms. The van der Waals surface area contributed by atoms with Crippen molar-refractivity contribution in [1.29, 1.82) is 0 Å². The lowest BCUT2D eigenvalue weighted by atomic mass is 10.4. The van der Waals surface area contributed by atoms with Gasteiger partial charge in [0.2, 0.25) is 11.8 Å². The Morgan fingerprint density at radius 2 is 1.91 bits per heavy atom. The normalized spacial score (nSPS) is 17.6. The fourth-order valence-electron chi connectivity index (χ4n) is 1.09. The Bertz CT molecular complexity index is 182. The van der Waals surface area contributed by atoms with Gasteiger partial charge in [-0.25, -0.2) is 0 Å². The van der Waals surface area contributed by atoms with Crippen molar-refractivity contribution in [3.05, 3.63) is 12.7 Å². The van der Waals surface area contributed by atoms with Crippen LogP contribution in [0.2, 0.25) is 0 Å². The molecule has 60 valence electrons. The molecule has 0 aromatic heterocycles. The third kappa shape index (κ3) is 1.67. The summed E-state index contributed by atoms with van der Waals surface area (Å²) in [4.78, 5) is 23.2. The molecule has 0 unspecified atom stereocenters. The molecule has 1 rings (SSSR count). The van der Waals surface area contributed by atoms with Crippen molar-refractivity contribution >= 4 is 11.8 Å². The first kappa shape index (κ1) is 7.98. The predicted octanol–water partition coefficient (Wildman–Crippen LogP) is 0.712. The van der Waals surface area contributed by atoms with Gasteiger partial charge in [0.15, 0.2) is 0 Å². The molecule has 0 spiro atoms. The van der Waals surface area contributed by atoms with Gasteiger partial charge in [-0.2, -0.15) is 0 Å². The van der Waals surface area contributed by atoms with Gasteiger partial charge in [0, 0.05) is 19.4 Å². The van der Waals surface area contributed by atoms with Crippen LogP contribution in [0, 0.1) is 0 Å². The van der Waals surface area contributed by atoms with Crippen LogP contribution >= 0.6 is 0 Å². The lowest BCUT2D eigenvalue weighted by molar-refractivity contribution is -0.138. The largest absolute Gasteiger partial charge is 0.282 e. The van der Waals surface area contributed by atoms with E-state index in [0.717, 1.165) is 0 Å². The summed E-state index contributed by atoms with van der Waals surface area (Å²) >= 11 is 0. The van der Waals surface area contributed by atoms with E-state index in [2.05, 4.69) is 6.58 Å². The van der Waals surface area contributed by atoms with Gasteiger partial charge in [-0.3, -0.25) is 14.5 Å². The van der Waals surface area contributed by atoms with E-state index in [9.17, 15) is 9.59 Å². The highest BCUT2D eigenvalue weighted by molar-refractivity contribution is 6.01. The van der Waals surface area contributed by atoms with E-state index in [1.54, 1.807) is 6.08 Å². The van der Waals surface area contributed by atoms with E-state index in [4.69, 9.17) is 0 Å². The summed E-state index contributed by atoms with van der Waals surface area (Å²) < 4.78 is 0. The summed E-state index contributed by atoms with van der Waals surface area (Å²) in [6.45, 7) is 4.02. The van der Waals surface area contributed by atoms with Gasteiger partial charge in [0.1, 0.15) is 0 Å². The molecule has 0 N–H and O–H groups in total. The monoisotopic (exact) mass is 153 g/mol. The average Bonchev–Trinajstić information content (AvgIpc) is 2.29. The zero-order valence-electron chi connectivity index (χ0n) is 6.38. The van der Waals surface area contributed by atoms with E-state index in [1.165, 1.54) is 4.90 Å². The number of hydrogen-bond donors (Lipinski definition) is 0. The van der Waals surface area contributed by atoms with Gasteiger partial charge < -0.3 is 0 Å². The number of carbonyl (C=O) groups is 2. The van der Waals surface area contributed by atoms with Crippen LogP contribution in [0.4, 0.5) is 0 Å². The van der Waals surface area contributed by atoms with Crippen LogP contribution in [0.25, 0.3) is 0 Å². The topological polar surface area (TPSA) is 37.4 Å². The van der Waals surface area contributed by atoms with E-state index >= 15 is 0 Å². The zero-order chi connectivity index (χ0) is 8.27. The molecule has 3 nitrogen and oxygen atoms in total. The van der Waals surface area contributed by atoms with Crippen molar-refractivity contribution in [3.63, 3.8) is 0 Å². The molecule has 2 amide bonds. The first-order valence-corrected chi connectivity index (χ1v) is 3.70. The first-order chi connectivity index (χ1) is 5.25. The van der Waals surface area contributed by atoms with Crippen LogP contribution in [0.1, 0.15) is 19.3 Å². The molecule has 11 heavy (non-hydrogen) atoms. The second-order valence-electron chi connectivity index (χ2n) is 2.52. The lowest BCUT2D eigenvalue weighted by Crippen LogP contribution is -2.29. The molecule has 1 heterocycles. The Labute approximate surface area is 65.7 Å². The van der Waals surface area contributed by atoms with Crippen molar-refractivity contribution in [1.82, 2.24) is 4.90 Å². The van der Waals surface area contributed by atoms with Gasteiger partial charge >= 0.3 is 0 Å². The quantitative estimate of drug-likeness (QED) is 0.442. The van der Waals surface area contributed by atoms with Gasteiger partial charge in [-0.05, 0) is 6.42 Å². The number of carbonyl (C=O) groups excluding carboxylic acids is 2. The maximum atomic E-state index is 11.0. The van der Waals surface area contributed by atoms with Crippen LogP contribution in [0.3, 0.4) is 0 Å². The fraction of sp³-hybridized carbons (Fsp3) is 0.500. The third-order valence-electron chi connectivity index (χ3n) is 1.71. The Hall–Kier alpha value is -1.12. The number of amides is 2. The lowest BCUT2D eigenvalue weighted by Gasteiger charge is -2.10. The summed E-state index contributed by atoms with van der Waals surface area (Å²) in [7, 11) is 0. The smallest absolute Gasteiger partial charge is 0.229 e. The molecule has 0 aromatic carbocycles. The van der Waals surface area contributed by atoms with E-state index in [0.29, 0.717) is 25.8 Å². The maximum Gasteiger partial charge on any atom is 0.229 e. The highest BCUT2D eigenvalue weighted by Crippen LogP contribution is 2.11. The molecule has 0 aliphatic carbocycles. The van der Waals surface area contributed by atoms with Gasteiger partial charge in [0.25, 0.3) is 0 Å². The summed E-state index contributed by atoms with van der Waals surface area (Å²) in [5, 5.41) is 0. The molecule has 0 saturated carbocycles. The Morgan fingerprint density at radius 3 is 2.36 bits per heavy atom. The molecule has 1 saturated heterocycles. The summed E-state index contributed by atoms with van der Waals surface area (Å²) in [6.07, 6.45) is 3.17. The third-order valence-corrected chi connectivity index (χ3v) is 1.71. The van der Waals surface area contributed by atoms with Crippen molar-refractivity contribution in [2.45, 2.75) is 19.3 Å². The van der Waals surface area contributed by atoms with Crippen LogP contribution in [0.5, 0.6) is 0 Å². The number of nitrogens with zero attached hydrogens (tertiary/aromatic N) is 1. The minimum absolute atomic E-state index is 0.0446. The maximum absolute atomic E-state index is 11.0. The SMILES string of the molecule is C=CCCN1C(=O)CCC1=O. The minimum atomic E-state index is -0.0446. The van der Waals surface area contributed by atoms with E-state index in [-0.39, 0.29) is 11.8 Å². The molecule has 1 fully saturated rings. The molecular weight excluding hydrogens is 142 g/mol. The van der Waals surface area contributed by atoms with E-state index in [1.807, 2.05) is 0 Å². The molecule has 0 bridgehead atoms. The molecule has 0 aromatic rings. The Balaban J connectivity index is 2.47. The highest BCUT2D eigenvalue weighted by atomic mass is 16.2. The van der Waals surface area contributed by atoms with Gasteiger partial charge in [0.05, 0.1) is 0 Å². The van der Waals surface area contributed by atoms with Crippen molar-refractivity contribution in [3.8, 4) is 0 Å². The fourth-order valence-corrected chi connectivity index (χ4v) is 1.09. The highest BCUT2D eigenvalue weighted by Gasteiger charge is 2.27. The second-order valence-corrected chi connectivity index (χ2v) is 2.52. The molecular formula is C8H11NO2. The molecule has 0 radical (unpaired) electrons. The number of rotatable bonds is 3. The van der Waals surface area contributed by atoms with Crippen molar-refractivity contribution in [2.24, 2.45) is 0 Å². The Morgan fingerprint density at radius 1 is 1.36 bits per heavy atom. The van der Waals surface area contributed by atoms with E-state index < -0.39 is 0 Å². The van der Waals surface area contributed by atoms with Crippen molar-refractivity contribution < 1.29 is 9.59 Å². The van der Waals surface area contributed by atoms with Crippen LogP contribution in [0.15, 0.2) is 12.7 Å². The molecule has 1 aliphatic heterocycles. The zero-order valence-corrected chi connectivity index (χ0v) is 6.38. The van der Waals surface area contributed by atoms with Gasteiger partial charge in [-0.15, -0.1) is 6.58 Å². The summed E-state index contributed by atoms with van der Waals surface area (Å²) in [5.74, 6) is -0.0892. The predicted molar refractivity (Wildman–Crippen MR) is 40.8 cm³/mol. The van der Waals surface area contributed by atoms with Crippen LogP contribution in [-0.4, -0.2) is 23.3 Å². The Kier molecular flexibility index (Phi) is 2.41. The summed E-state index contributed by atoms with van der Waals surface area (Å²) in [5.41, 5.74) is 0.